The van der Waals surface area contributed by atoms with E-state index in [0.717, 1.165) is 37.6 Å². The van der Waals surface area contributed by atoms with Gasteiger partial charge in [0, 0.05) is 56.7 Å². The van der Waals surface area contributed by atoms with E-state index < -0.39 is 0 Å². The molecule has 0 saturated carbocycles. The maximum atomic E-state index is 12.8. The van der Waals surface area contributed by atoms with Crippen LogP contribution in [0.5, 0.6) is 0 Å². The van der Waals surface area contributed by atoms with Crippen molar-refractivity contribution in [2.75, 3.05) is 62.3 Å². The monoisotopic (exact) mass is 463 g/mol. The predicted molar refractivity (Wildman–Crippen MR) is 130 cm³/mol. The molecular formula is C25H26ClN5O2. The molecule has 2 saturated heterocycles. The van der Waals surface area contributed by atoms with E-state index in [9.17, 15) is 4.79 Å². The van der Waals surface area contributed by atoms with Crippen LogP contribution < -0.4 is 9.80 Å². The number of carbonyl (C=O) groups excluding carboxylic acids is 1. The Kier molecular flexibility index (Phi) is 6.41. The van der Waals surface area contributed by atoms with Crippen LogP contribution in [0.2, 0.25) is 5.02 Å². The molecule has 2 aliphatic heterocycles. The van der Waals surface area contributed by atoms with Crippen molar-refractivity contribution in [1.82, 2.24) is 14.9 Å². The SMILES string of the molecule is O=C(c1ccccc1Cl)N1CCN(c2nccc(-c3ccc(N4CCOCC4)cc3)n2)CC1. The van der Waals surface area contributed by atoms with Gasteiger partial charge in [-0.15, -0.1) is 0 Å². The third-order valence-electron chi connectivity index (χ3n) is 6.14. The zero-order chi connectivity index (χ0) is 22.6. The topological polar surface area (TPSA) is 61.8 Å². The first-order chi connectivity index (χ1) is 16.2. The number of nitrogens with zero attached hydrogens (tertiary/aromatic N) is 5. The summed E-state index contributed by atoms with van der Waals surface area (Å²) in [7, 11) is 0. The highest BCUT2D eigenvalue weighted by Gasteiger charge is 2.24. The summed E-state index contributed by atoms with van der Waals surface area (Å²) in [5.74, 6) is 0.657. The molecule has 3 aromatic rings. The molecule has 2 fully saturated rings. The van der Waals surface area contributed by atoms with Crippen LogP contribution in [0.25, 0.3) is 11.3 Å². The van der Waals surface area contributed by atoms with Gasteiger partial charge in [0.2, 0.25) is 5.95 Å². The lowest BCUT2D eigenvalue weighted by molar-refractivity contribution is 0.0746. The normalized spacial score (nSPS) is 16.7. The molecule has 5 rings (SSSR count). The predicted octanol–water partition coefficient (Wildman–Crippen LogP) is 3.60. The van der Waals surface area contributed by atoms with E-state index in [0.29, 0.717) is 42.7 Å². The van der Waals surface area contributed by atoms with E-state index >= 15 is 0 Å². The molecule has 1 aromatic heterocycles. The van der Waals surface area contributed by atoms with Crippen LogP contribution in [0, 0.1) is 0 Å². The number of piperazine rings is 1. The number of ether oxygens (including phenoxy) is 1. The van der Waals surface area contributed by atoms with Crippen LogP contribution in [-0.2, 0) is 4.74 Å². The molecule has 1 amide bonds. The fraction of sp³-hybridized carbons (Fsp3) is 0.320. The highest BCUT2D eigenvalue weighted by Crippen LogP contribution is 2.24. The first-order valence-electron chi connectivity index (χ1n) is 11.2. The largest absolute Gasteiger partial charge is 0.378 e. The Morgan fingerprint density at radius 1 is 0.848 bits per heavy atom. The molecule has 0 unspecified atom stereocenters. The zero-order valence-electron chi connectivity index (χ0n) is 18.4. The van der Waals surface area contributed by atoms with Crippen LogP contribution in [0.15, 0.2) is 60.8 Å². The number of aromatic nitrogens is 2. The molecule has 0 atom stereocenters. The number of halogens is 1. The van der Waals surface area contributed by atoms with Crippen LogP contribution >= 0.6 is 11.6 Å². The van der Waals surface area contributed by atoms with Crippen LogP contribution in [0.1, 0.15) is 10.4 Å². The maximum Gasteiger partial charge on any atom is 0.255 e. The van der Waals surface area contributed by atoms with E-state index in [-0.39, 0.29) is 5.91 Å². The smallest absolute Gasteiger partial charge is 0.255 e. The molecular weight excluding hydrogens is 438 g/mol. The molecule has 2 aliphatic rings. The maximum absolute atomic E-state index is 12.8. The lowest BCUT2D eigenvalue weighted by atomic mass is 10.1. The summed E-state index contributed by atoms with van der Waals surface area (Å²) in [6.07, 6.45) is 1.80. The fourth-order valence-electron chi connectivity index (χ4n) is 4.24. The van der Waals surface area contributed by atoms with Crippen LogP contribution in [0.4, 0.5) is 11.6 Å². The molecule has 33 heavy (non-hydrogen) atoms. The van der Waals surface area contributed by atoms with Gasteiger partial charge < -0.3 is 19.4 Å². The molecule has 2 aromatic carbocycles. The summed E-state index contributed by atoms with van der Waals surface area (Å²) in [5.41, 5.74) is 3.70. The van der Waals surface area contributed by atoms with E-state index in [2.05, 4.69) is 39.0 Å². The molecule has 170 valence electrons. The number of amides is 1. The minimum absolute atomic E-state index is 0.0322. The van der Waals surface area contributed by atoms with Crippen molar-refractivity contribution in [2.45, 2.75) is 0 Å². The Morgan fingerprint density at radius 2 is 1.58 bits per heavy atom. The lowest BCUT2D eigenvalue weighted by Gasteiger charge is -2.35. The molecule has 0 bridgehead atoms. The molecule has 3 heterocycles. The third-order valence-corrected chi connectivity index (χ3v) is 6.47. The van der Waals surface area contributed by atoms with Gasteiger partial charge in [-0.3, -0.25) is 4.79 Å². The Hall–Kier alpha value is -3.16. The lowest BCUT2D eigenvalue weighted by Crippen LogP contribution is -2.49. The second-order valence-corrected chi connectivity index (χ2v) is 8.55. The van der Waals surface area contributed by atoms with Gasteiger partial charge in [0.05, 0.1) is 29.5 Å². The summed E-state index contributed by atoms with van der Waals surface area (Å²) in [4.78, 5) is 28.4. The summed E-state index contributed by atoms with van der Waals surface area (Å²) in [6.45, 7) is 5.94. The zero-order valence-corrected chi connectivity index (χ0v) is 19.1. The van der Waals surface area contributed by atoms with E-state index in [1.165, 1.54) is 5.69 Å². The molecule has 0 N–H and O–H groups in total. The fourth-order valence-corrected chi connectivity index (χ4v) is 4.46. The van der Waals surface area contributed by atoms with Crippen molar-refractivity contribution in [2.24, 2.45) is 0 Å². The molecule has 8 heteroatoms. The molecule has 0 radical (unpaired) electrons. The van der Waals surface area contributed by atoms with Crippen LogP contribution in [-0.4, -0.2) is 73.3 Å². The molecule has 7 nitrogen and oxygen atoms in total. The van der Waals surface area contributed by atoms with E-state index in [4.69, 9.17) is 21.3 Å². The number of hydrogen-bond acceptors (Lipinski definition) is 6. The number of carbonyl (C=O) groups is 1. The standard InChI is InChI=1S/C25H26ClN5O2/c26-22-4-2-1-3-21(22)24(32)30-11-13-31(14-12-30)25-27-10-9-23(28-25)19-5-7-20(8-6-19)29-15-17-33-18-16-29/h1-10H,11-18H2. The summed E-state index contributed by atoms with van der Waals surface area (Å²) in [6, 6.07) is 17.6. The van der Waals surface area contributed by atoms with Crippen molar-refractivity contribution in [3.05, 3.63) is 71.4 Å². The summed E-state index contributed by atoms with van der Waals surface area (Å²) >= 11 is 6.21. The Balaban J connectivity index is 1.24. The summed E-state index contributed by atoms with van der Waals surface area (Å²) < 4.78 is 5.44. The van der Waals surface area contributed by atoms with Gasteiger partial charge in [0.15, 0.2) is 0 Å². The van der Waals surface area contributed by atoms with E-state index in [1.807, 2.05) is 23.1 Å². The molecule has 0 aliphatic carbocycles. The van der Waals surface area contributed by atoms with Crippen LogP contribution in [0.3, 0.4) is 0 Å². The van der Waals surface area contributed by atoms with Crippen molar-refractivity contribution >= 4 is 29.1 Å². The minimum Gasteiger partial charge on any atom is -0.378 e. The number of hydrogen-bond donors (Lipinski definition) is 0. The average molecular weight is 464 g/mol. The van der Waals surface area contributed by atoms with Gasteiger partial charge in [-0.2, -0.15) is 0 Å². The Morgan fingerprint density at radius 3 is 2.30 bits per heavy atom. The Labute approximate surface area is 198 Å². The van der Waals surface area contributed by atoms with Gasteiger partial charge in [0.1, 0.15) is 0 Å². The van der Waals surface area contributed by atoms with Gasteiger partial charge in [-0.1, -0.05) is 35.9 Å². The van der Waals surface area contributed by atoms with Crippen molar-refractivity contribution in [3.63, 3.8) is 0 Å². The van der Waals surface area contributed by atoms with E-state index in [1.54, 1.807) is 18.3 Å². The van der Waals surface area contributed by atoms with Crippen molar-refractivity contribution in [3.8, 4) is 11.3 Å². The number of rotatable bonds is 4. The second kappa shape index (κ2) is 9.77. The van der Waals surface area contributed by atoms with Crippen molar-refractivity contribution in [1.29, 1.82) is 0 Å². The van der Waals surface area contributed by atoms with Gasteiger partial charge in [0.25, 0.3) is 5.91 Å². The quantitative estimate of drug-likeness (QED) is 0.589. The molecule has 0 spiro atoms. The third kappa shape index (κ3) is 4.79. The van der Waals surface area contributed by atoms with Gasteiger partial charge in [-0.25, -0.2) is 9.97 Å². The highest BCUT2D eigenvalue weighted by molar-refractivity contribution is 6.33. The van der Waals surface area contributed by atoms with Gasteiger partial charge in [-0.05, 0) is 30.3 Å². The second-order valence-electron chi connectivity index (χ2n) is 8.15. The first kappa shape index (κ1) is 21.7. The number of anilines is 2. The number of morpholine rings is 1. The van der Waals surface area contributed by atoms with Crippen molar-refractivity contribution < 1.29 is 9.53 Å². The summed E-state index contributed by atoms with van der Waals surface area (Å²) in [5, 5.41) is 0.487. The van der Waals surface area contributed by atoms with Gasteiger partial charge >= 0.3 is 0 Å². The Bertz CT molecular complexity index is 1110. The average Bonchev–Trinajstić information content (AvgIpc) is 2.89. The minimum atomic E-state index is -0.0322. The highest BCUT2D eigenvalue weighted by atomic mass is 35.5. The first-order valence-corrected chi connectivity index (χ1v) is 11.6. The number of benzene rings is 2.